The minimum Gasteiger partial charge on any atom is -0.481 e. The molecule has 0 heterocycles. The second-order valence-corrected chi connectivity index (χ2v) is 8.56. The summed E-state index contributed by atoms with van der Waals surface area (Å²) in [5.74, 6) is -2.36. The quantitative estimate of drug-likeness (QED) is 0.631. The zero-order valence-electron chi connectivity index (χ0n) is 15.0. The van der Waals surface area contributed by atoms with Gasteiger partial charge in [0.05, 0.1) is 10.4 Å². The van der Waals surface area contributed by atoms with E-state index in [0.29, 0.717) is 29.8 Å². The van der Waals surface area contributed by atoms with E-state index in [-0.39, 0.29) is 15.8 Å². The van der Waals surface area contributed by atoms with E-state index in [1.807, 2.05) is 6.92 Å². The molecule has 0 aromatic heterocycles. The first-order valence-corrected chi connectivity index (χ1v) is 9.96. The Labute approximate surface area is 170 Å². The summed E-state index contributed by atoms with van der Waals surface area (Å²) < 4.78 is 27.4. The topological polar surface area (TPSA) is 66.4 Å². The predicted molar refractivity (Wildman–Crippen MR) is 105 cm³/mol. The molecule has 0 radical (unpaired) electrons. The lowest BCUT2D eigenvalue weighted by Gasteiger charge is -2.43. The zero-order valence-corrected chi connectivity index (χ0v) is 16.5. The molecule has 1 aliphatic rings. The maximum absolute atomic E-state index is 14.2. The molecule has 0 saturated heterocycles. The third kappa shape index (κ3) is 4.15. The van der Waals surface area contributed by atoms with Crippen LogP contribution in [0.1, 0.15) is 36.5 Å². The van der Waals surface area contributed by atoms with Gasteiger partial charge in [-0.05, 0) is 55.7 Å². The number of hydrogen-bond acceptors (Lipinski definition) is 3. The molecule has 0 bridgehead atoms. The summed E-state index contributed by atoms with van der Waals surface area (Å²) in [4.78, 5) is 24.1. The van der Waals surface area contributed by atoms with Crippen LogP contribution < -0.4 is 5.32 Å². The van der Waals surface area contributed by atoms with Crippen molar-refractivity contribution in [3.05, 3.63) is 58.6 Å². The lowest BCUT2D eigenvalue weighted by atomic mass is 9.67. The van der Waals surface area contributed by atoms with Crippen LogP contribution in [0.4, 0.5) is 14.5 Å². The minimum atomic E-state index is -0.821. The Hall–Kier alpha value is -2.12. The number of carbonyl (C=O) groups is 2. The molecule has 1 amide bonds. The average Bonchev–Trinajstić information content (AvgIpc) is 2.62. The number of rotatable bonds is 6. The van der Waals surface area contributed by atoms with Gasteiger partial charge >= 0.3 is 5.97 Å². The Balaban J connectivity index is 1.70. The summed E-state index contributed by atoms with van der Waals surface area (Å²) in [6.07, 6.45) is 1.46. The number of amides is 1. The van der Waals surface area contributed by atoms with Gasteiger partial charge in [-0.25, -0.2) is 8.78 Å². The first-order valence-electron chi connectivity index (χ1n) is 8.70. The number of hydrogen-bond donors (Lipinski definition) is 2. The van der Waals surface area contributed by atoms with E-state index in [1.165, 1.54) is 42.1 Å². The van der Waals surface area contributed by atoms with E-state index in [0.717, 1.165) is 6.07 Å². The highest BCUT2D eigenvalue weighted by Crippen LogP contribution is 2.51. The van der Waals surface area contributed by atoms with E-state index in [9.17, 15) is 23.5 Å². The summed E-state index contributed by atoms with van der Waals surface area (Å²) in [5, 5.41) is 11.8. The maximum Gasteiger partial charge on any atom is 0.309 e. The lowest BCUT2D eigenvalue weighted by Crippen LogP contribution is -2.45. The molecule has 0 aliphatic heterocycles. The third-order valence-electron chi connectivity index (χ3n) is 5.03. The molecule has 1 fully saturated rings. The Morgan fingerprint density at radius 3 is 2.50 bits per heavy atom. The number of carboxylic acid groups (broad SMARTS) is 1. The monoisotopic (exact) mass is 425 g/mol. The highest BCUT2D eigenvalue weighted by atomic mass is 35.5. The molecule has 2 N–H and O–H groups in total. The number of carbonyl (C=O) groups excluding carboxylic acids is 1. The largest absolute Gasteiger partial charge is 0.481 e. The van der Waals surface area contributed by atoms with Crippen molar-refractivity contribution in [1.82, 2.24) is 0 Å². The van der Waals surface area contributed by atoms with Crippen molar-refractivity contribution in [3.63, 3.8) is 0 Å². The molecule has 2 aromatic rings. The van der Waals surface area contributed by atoms with Gasteiger partial charge in [-0.15, -0.1) is 11.8 Å². The Morgan fingerprint density at radius 1 is 1.21 bits per heavy atom. The van der Waals surface area contributed by atoms with Crippen molar-refractivity contribution in [2.45, 2.75) is 36.3 Å². The van der Waals surface area contributed by atoms with Crippen LogP contribution in [0.25, 0.3) is 0 Å². The van der Waals surface area contributed by atoms with Gasteiger partial charge in [0.15, 0.2) is 0 Å². The van der Waals surface area contributed by atoms with E-state index < -0.39 is 28.9 Å². The maximum atomic E-state index is 14.2. The fourth-order valence-electron chi connectivity index (χ4n) is 3.20. The number of halogens is 3. The van der Waals surface area contributed by atoms with Crippen LogP contribution in [0.15, 0.2) is 41.3 Å². The first kappa shape index (κ1) is 20.6. The second-order valence-electron chi connectivity index (χ2n) is 6.82. The second kappa shape index (κ2) is 8.09. The third-order valence-corrected chi connectivity index (χ3v) is 6.55. The molecule has 148 valence electrons. The van der Waals surface area contributed by atoms with Crippen molar-refractivity contribution in [3.8, 4) is 0 Å². The van der Waals surface area contributed by atoms with Crippen LogP contribution in [0.5, 0.6) is 0 Å². The summed E-state index contributed by atoms with van der Waals surface area (Å²) >= 11 is 6.95. The molecule has 0 atom stereocenters. The number of aliphatic carboxylic acids is 1. The molecule has 1 aliphatic carbocycles. The van der Waals surface area contributed by atoms with E-state index >= 15 is 0 Å². The minimum absolute atomic E-state index is 0.0141. The molecule has 3 rings (SSSR count). The number of nitrogens with one attached hydrogen (secondary N) is 1. The van der Waals surface area contributed by atoms with Gasteiger partial charge in [-0.3, -0.25) is 9.59 Å². The first-order chi connectivity index (χ1) is 13.2. The molecular formula is C20H18ClF2NO3S. The van der Waals surface area contributed by atoms with Gasteiger partial charge in [-0.2, -0.15) is 0 Å². The van der Waals surface area contributed by atoms with Crippen molar-refractivity contribution < 1.29 is 23.5 Å². The number of benzene rings is 2. The lowest BCUT2D eigenvalue weighted by molar-refractivity contribution is -0.154. The van der Waals surface area contributed by atoms with Crippen molar-refractivity contribution in [2.75, 3.05) is 5.32 Å². The van der Waals surface area contributed by atoms with Gasteiger partial charge < -0.3 is 10.4 Å². The van der Waals surface area contributed by atoms with E-state index in [4.69, 9.17) is 11.6 Å². The summed E-state index contributed by atoms with van der Waals surface area (Å²) in [7, 11) is 0. The SMILES string of the molecule is CC[C@]1(C(=O)O)C[C@@H](Sc2cc(C(=O)Nc3ccc(F)c(Cl)c3)ccc2F)C1. The van der Waals surface area contributed by atoms with Crippen molar-refractivity contribution >= 4 is 40.9 Å². The molecule has 1 saturated carbocycles. The number of anilines is 1. The summed E-state index contributed by atoms with van der Waals surface area (Å²) in [6, 6.07) is 7.81. The molecule has 4 nitrogen and oxygen atoms in total. The van der Waals surface area contributed by atoms with Crippen LogP contribution in [0.2, 0.25) is 5.02 Å². The van der Waals surface area contributed by atoms with Gasteiger partial charge in [0, 0.05) is 21.4 Å². The Bertz CT molecular complexity index is 932. The van der Waals surface area contributed by atoms with Crippen molar-refractivity contribution in [2.24, 2.45) is 5.41 Å². The van der Waals surface area contributed by atoms with Crippen LogP contribution in [0, 0.1) is 17.0 Å². The number of thioether (sulfide) groups is 1. The van der Waals surface area contributed by atoms with Gasteiger partial charge in [0.25, 0.3) is 5.91 Å². The smallest absolute Gasteiger partial charge is 0.309 e. The average molecular weight is 426 g/mol. The zero-order chi connectivity index (χ0) is 20.5. The molecule has 0 spiro atoms. The van der Waals surface area contributed by atoms with Gasteiger partial charge in [-0.1, -0.05) is 18.5 Å². The Kier molecular flexibility index (Phi) is 5.95. The van der Waals surface area contributed by atoms with Crippen LogP contribution in [-0.4, -0.2) is 22.2 Å². The molecule has 8 heteroatoms. The summed E-state index contributed by atoms with van der Waals surface area (Å²) in [6.45, 7) is 1.84. The summed E-state index contributed by atoms with van der Waals surface area (Å²) in [5.41, 5.74) is -0.169. The highest BCUT2D eigenvalue weighted by Gasteiger charge is 2.49. The van der Waals surface area contributed by atoms with Crippen LogP contribution in [0.3, 0.4) is 0 Å². The van der Waals surface area contributed by atoms with Crippen LogP contribution in [-0.2, 0) is 4.79 Å². The molecule has 2 aromatic carbocycles. The Morgan fingerprint density at radius 2 is 1.89 bits per heavy atom. The molecule has 0 unspecified atom stereocenters. The normalized spacial score (nSPS) is 21.1. The fraction of sp³-hybridized carbons (Fsp3) is 0.300. The standard InChI is InChI=1S/C20H18ClF2NO3S/c1-2-20(19(26)27)9-13(10-20)28-17-7-11(3-5-16(17)23)18(25)24-12-4-6-15(22)14(21)8-12/h3-8,13H,2,9-10H2,1H3,(H,24,25)(H,26,27)/t13-,20+. The number of carboxylic acids is 1. The van der Waals surface area contributed by atoms with E-state index in [2.05, 4.69) is 5.32 Å². The van der Waals surface area contributed by atoms with Gasteiger partial charge in [0.1, 0.15) is 11.6 Å². The van der Waals surface area contributed by atoms with Crippen molar-refractivity contribution in [1.29, 1.82) is 0 Å². The van der Waals surface area contributed by atoms with Gasteiger partial charge in [0.2, 0.25) is 0 Å². The van der Waals surface area contributed by atoms with Crippen LogP contribution >= 0.6 is 23.4 Å². The fourth-order valence-corrected chi connectivity index (χ4v) is 4.92. The molecular weight excluding hydrogens is 408 g/mol. The van der Waals surface area contributed by atoms with E-state index in [1.54, 1.807) is 0 Å². The molecule has 28 heavy (non-hydrogen) atoms. The predicted octanol–water partition coefficient (Wildman–Crippen LogP) is 5.61. The highest BCUT2D eigenvalue weighted by molar-refractivity contribution is 8.00.